The van der Waals surface area contributed by atoms with Gasteiger partial charge in [0, 0.05) is 43.3 Å². The fraction of sp³-hybridized carbons (Fsp3) is 0.250. The summed E-state index contributed by atoms with van der Waals surface area (Å²) in [4.78, 5) is 20.6. The van der Waals surface area contributed by atoms with E-state index in [4.69, 9.17) is 19.2 Å². The predicted octanol–water partition coefficient (Wildman–Crippen LogP) is 5.22. The fourth-order valence-electron chi connectivity index (χ4n) is 5.28. The first-order valence-electron chi connectivity index (χ1n) is 13.4. The highest BCUT2D eigenvalue weighted by atomic mass is 19.1. The number of benzene rings is 3. The number of carbonyl (C=O) groups excluding carboxylic acids is 1. The molecule has 1 aliphatic heterocycles. The van der Waals surface area contributed by atoms with Gasteiger partial charge in [-0.1, -0.05) is 24.3 Å². The number of aromatic hydroxyl groups is 1. The minimum Gasteiger partial charge on any atom is -0.497 e. The summed E-state index contributed by atoms with van der Waals surface area (Å²) >= 11 is 0. The Kier molecular flexibility index (Phi) is 7.19. The number of morpholine rings is 1. The molecule has 5 aromatic rings. The van der Waals surface area contributed by atoms with Gasteiger partial charge >= 0.3 is 0 Å². The van der Waals surface area contributed by atoms with E-state index >= 15 is 0 Å². The largest absolute Gasteiger partial charge is 0.497 e. The lowest BCUT2D eigenvalue weighted by molar-refractivity contribution is 0.0305. The van der Waals surface area contributed by atoms with Crippen molar-refractivity contribution in [2.24, 2.45) is 7.05 Å². The molecular weight excluding hydrogens is 525 g/mol. The number of halogens is 1. The SMILES string of the molecule is COc1ccc(COc2c3ncc(Cc4ccc(F)cc4)cc3c(C(=O)N3CCOCC3)c3cn(C)c(O)c23)cc1. The van der Waals surface area contributed by atoms with E-state index in [0.717, 1.165) is 22.4 Å². The normalized spacial score (nSPS) is 13.6. The highest BCUT2D eigenvalue weighted by molar-refractivity contribution is 6.21. The zero-order valence-electron chi connectivity index (χ0n) is 22.9. The van der Waals surface area contributed by atoms with Crippen molar-refractivity contribution >= 4 is 27.6 Å². The molecule has 0 atom stereocenters. The van der Waals surface area contributed by atoms with Crippen molar-refractivity contribution in [1.29, 1.82) is 0 Å². The summed E-state index contributed by atoms with van der Waals surface area (Å²) in [6, 6.07) is 15.8. The minimum absolute atomic E-state index is 0.0140. The van der Waals surface area contributed by atoms with Gasteiger partial charge < -0.3 is 28.8 Å². The Morgan fingerprint density at radius 1 is 1.02 bits per heavy atom. The van der Waals surface area contributed by atoms with Crippen molar-refractivity contribution < 1.29 is 28.5 Å². The van der Waals surface area contributed by atoms with Crippen molar-refractivity contribution in [1.82, 2.24) is 14.5 Å². The van der Waals surface area contributed by atoms with E-state index in [1.165, 1.54) is 12.1 Å². The number of pyridine rings is 1. The second-order valence-corrected chi connectivity index (χ2v) is 10.1. The Bertz CT molecular complexity index is 1730. The molecule has 2 aromatic heterocycles. The van der Waals surface area contributed by atoms with Gasteiger partial charge in [-0.3, -0.25) is 9.78 Å². The maximum absolute atomic E-state index is 14.1. The van der Waals surface area contributed by atoms with Crippen LogP contribution in [0.3, 0.4) is 0 Å². The second-order valence-electron chi connectivity index (χ2n) is 10.1. The van der Waals surface area contributed by atoms with E-state index in [1.54, 1.807) is 48.2 Å². The Hall–Kier alpha value is -4.63. The van der Waals surface area contributed by atoms with Crippen molar-refractivity contribution in [3.05, 3.63) is 95.1 Å². The van der Waals surface area contributed by atoms with Gasteiger partial charge in [0.25, 0.3) is 5.91 Å². The molecule has 1 fully saturated rings. The molecule has 1 amide bonds. The molecule has 1 N–H and O–H groups in total. The molecule has 9 heteroatoms. The number of carbonyl (C=O) groups is 1. The lowest BCUT2D eigenvalue weighted by Crippen LogP contribution is -2.40. The summed E-state index contributed by atoms with van der Waals surface area (Å²) in [6.07, 6.45) is 4.00. The number of amides is 1. The average molecular weight is 556 g/mol. The van der Waals surface area contributed by atoms with Crippen molar-refractivity contribution in [2.75, 3.05) is 33.4 Å². The molecule has 3 heterocycles. The smallest absolute Gasteiger partial charge is 0.255 e. The average Bonchev–Trinajstić information content (AvgIpc) is 3.30. The first-order chi connectivity index (χ1) is 19.9. The molecule has 1 aliphatic rings. The number of ether oxygens (including phenoxy) is 3. The van der Waals surface area contributed by atoms with E-state index in [-0.39, 0.29) is 24.2 Å². The third-order valence-electron chi connectivity index (χ3n) is 7.45. The number of rotatable bonds is 7. The Labute approximate surface area is 236 Å². The maximum atomic E-state index is 14.1. The third kappa shape index (κ3) is 5.16. The molecule has 3 aromatic carbocycles. The summed E-state index contributed by atoms with van der Waals surface area (Å²) in [5, 5.41) is 12.8. The number of hydrogen-bond acceptors (Lipinski definition) is 6. The van der Waals surface area contributed by atoms with E-state index in [1.807, 2.05) is 30.3 Å². The first kappa shape index (κ1) is 26.6. The number of fused-ring (bicyclic) bond motifs is 2. The van der Waals surface area contributed by atoms with Gasteiger partial charge in [0.2, 0.25) is 5.88 Å². The van der Waals surface area contributed by atoms with Gasteiger partial charge in [-0.15, -0.1) is 0 Å². The summed E-state index contributed by atoms with van der Waals surface area (Å²) in [6.45, 7) is 2.09. The lowest BCUT2D eigenvalue weighted by Gasteiger charge is -2.28. The summed E-state index contributed by atoms with van der Waals surface area (Å²) in [5.74, 6) is 0.671. The molecule has 8 nitrogen and oxygen atoms in total. The zero-order valence-corrected chi connectivity index (χ0v) is 22.9. The van der Waals surface area contributed by atoms with Gasteiger partial charge in [0.05, 0.1) is 31.3 Å². The van der Waals surface area contributed by atoms with Crippen LogP contribution >= 0.6 is 0 Å². The highest BCUT2D eigenvalue weighted by Crippen LogP contribution is 2.44. The van der Waals surface area contributed by atoms with Gasteiger partial charge in [0.15, 0.2) is 5.75 Å². The van der Waals surface area contributed by atoms with E-state index in [2.05, 4.69) is 0 Å². The summed E-state index contributed by atoms with van der Waals surface area (Å²) in [7, 11) is 3.34. The Balaban J connectivity index is 1.51. The van der Waals surface area contributed by atoms with Crippen LogP contribution in [0.2, 0.25) is 0 Å². The summed E-state index contributed by atoms with van der Waals surface area (Å²) < 4.78 is 32.2. The second kappa shape index (κ2) is 11.1. The van der Waals surface area contributed by atoms with Crippen LogP contribution in [0.4, 0.5) is 4.39 Å². The molecule has 0 radical (unpaired) electrons. The molecule has 0 bridgehead atoms. The lowest BCUT2D eigenvalue weighted by atomic mass is 9.97. The molecule has 1 saturated heterocycles. The topological polar surface area (TPSA) is 86.0 Å². The third-order valence-corrected chi connectivity index (χ3v) is 7.45. The van der Waals surface area contributed by atoms with Gasteiger partial charge in [-0.05, 0) is 53.4 Å². The monoisotopic (exact) mass is 555 g/mol. The molecule has 210 valence electrons. The van der Waals surface area contributed by atoms with Crippen molar-refractivity contribution in [3.8, 4) is 17.4 Å². The standard InChI is InChI=1S/C32H30FN3O5/c1-35-18-26-27(32(38)36-11-13-40-14-12-36)25-16-22(15-20-3-7-23(33)8-4-20)17-34-29(25)30(28(26)31(35)37)41-19-21-5-9-24(39-2)10-6-21/h3-10,16-18,37H,11-15,19H2,1-2H3. The van der Waals surface area contributed by atoms with Crippen LogP contribution < -0.4 is 9.47 Å². The number of hydrogen-bond donors (Lipinski definition) is 1. The highest BCUT2D eigenvalue weighted by Gasteiger charge is 2.29. The predicted molar refractivity (Wildman–Crippen MR) is 153 cm³/mol. The molecule has 0 aliphatic carbocycles. The Morgan fingerprint density at radius 2 is 1.73 bits per heavy atom. The molecule has 0 spiro atoms. The molecular formula is C32H30FN3O5. The van der Waals surface area contributed by atoms with Crippen LogP contribution in [0.15, 0.2) is 67.0 Å². The van der Waals surface area contributed by atoms with E-state index in [0.29, 0.717) is 65.7 Å². The number of nitrogens with zero attached hydrogens (tertiary/aromatic N) is 3. The van der Waals surface area contributed by atoms with Crippen LogP contribution in [0.5, 0.6) is 17.4 Å². The molecule has 6 rings (SSSR count). The van der Waals surface area contributed by atoms with Crippen LogP contribution in [-0.4, -0.2) is 58.9 Å². The van der Waals surface area contributed by atoms with Gasteiger partial charge in [0.1, 0.15) is 23.7 Å². The molecule has 41 heavy (non-hydrogen) atoms. The van der Waals surface area contributed by atoms with Gasteiger partial charge in [-0.25, -0.2) is 4.39 Å². The quantitative estimate of drug-likeness (QED) is 0.296. The number of aryl methyl sites for hydroxylation is 1. The number of aromatic nitrogens is 2. The first-order valence-corrected chi connectivity index (χ1v) is 13.4. The minimum atomic E-state index is -0.297. The number of methoxy groups -OCH3 is 1. The van der Waals surface area contributed by atoms with E-state index < -0.39 is 0 Å². The molecule has 0 unspecified atom stereocenters. The van der Waals surface area contributed by atoms with Crippen LogP contribution in [0, 0.1) is 5.82 Å². The Morgan fingerprint density at radius 3 is 2.44 bits per heavy atom. The van der Waals surface area contributed by atoms with Crippen molar-refractivity contribution in [3.63, 3.8) is 0 Å². The van der Waals surface area contributed by atoms with Crippen molar-refractivity contribution in [2.45, 2.75) is 13.0 Å². The fourth-order valence-corrected chi connectivity index (χ4v) is 5.28. The van der Waals surface area contributed by atoms with E-state index in [9.17, 15) is 14.3 Å². The summed E-state index contributed by atoms with van der Waals surface area (Å²) in [5.41, 5.74) is 3.62. The van der Waals surface area contributed by atoms with Crippen LogP contribution in [0.1, 0.15) is 27.0 Å². The zero-order chi connectivity index (χ0) is 28.5. The maximum Gasteiger partial charge on any atom is 0.255 e. The van der Waals surface area contributed by atoms with Crippen LogP contribution in [0.25, 0.3) is 21.7 Å². The molecule has 0 saturated carbocycles. The van der Waals surface area contributed by atoms with Gasteiger partial charge in [-0.2, -0.15) is 0 Å². The van der Waals surface area contributed by atoms with Crippen LogP contribution in [-0.2, 0) is 24.8 Å².